The van der Waals surface area contributed by atoms with Crippen LogP contribution in [0.2, 0.25) is 0 Å². The number of rotatable bonds is 3. The van der Waals surface area contributed by atoms with Crippen LogP contribution in [-0.4, -0.2) is 14.2 Å². The highest BCUT2D eigenvalue weighted by Crippen LogP contribution is 2.43. The maximum atomic E-state index is 6.23. The zero-order valence-electron chi connectivity index (χ0n) is 12.7. The van der Waals surface area contributed by atoms with Crippen LogP contribution in [0, 0.1) is 6.92 Å². The molecule has 1 aliphatic heterocycles. The first-order valence-electron chi connectivity index (χ1n) is 7.30. The summed E-state index contributed by atoms with van der Waals surface area (Å²) < 4.78 is 11.7. The zero-order valence-corrected chi connectivity index (χ0v) is 12.7. The molecule has 1 N–H and O–H groups in total. The Kier molecular flexibility index (Phi) is 3.84. The van der Waals surface area contributed by atoms with Crippen LogP contribution in [0.5, 0.6) is 11.5 Å². The lowest BCUT2D eigenvalue weighted by atomic mass is 9.92. The van der Waals surface area contributed by atoms with E-state index in [1.165, 1.54) is 11.1 Å². The van der Waals surface area contributed by atoms with E-state index in [9.17, 15) is 0 Å². The van der Waals surface area contributed by atoms with Gasteiger partial charge >= 0.3 is 0 Å². The van der Waals surface area contributed by atoms with Gasteiger partial charge in [-0.15, -0.1) is 0 Å². The number of ether oxygens (including phenoxy) is 2. The quantitative estimate of drug-likeness (QED) is 0.929. The largest absolute Gasteiger partial charge is 0.496 e. The van der Waals surface area contributed by atoms with E-state index in [1.807, 2.05) is 25.2 Å². The second kappa shape index (κ2) is 5.78. The first-order chi connectivity index (χ1) is 10.2. The van der Waals surface area contributed by atoms with Crippen molar-refractivity contribution in [2.24, 2.45) is 0 Å². The number of methoxy groups -OCH3 is 1. The van der Waals surface area contributed by atoms with Crippen LogP contribution < -0.4 is 14.8 Å². The van der Waals surface area contributed by atoms with Crippen LogP contribution in [0.15, 0.2) is 42.5 Å². The summed E-state index contributed by atoms with van der Waals surface area (Å²) in [7, 11) is 3.70. The summed E-state index contributed by atoms with van der Waals surface area (Å²) in [6.45, 7) is 2.11. The summed E-state index contributed by atoms with van der Waals surface area (Å²) in [5, 5.41) is 3.40. The van der Waals surface area contributed by atoms with Gasteiger partial charge in [0.15, 0.2) is 0 Å². The van der Waals surface area contributed by atoms with Crippen LogP contribution in [0.3, 0.4) is 0 Å². The number of hydrogen-bond donors (Lipinski definition) is 1. The molecule has 3 heteroatoms. The van der Waals surface area contributed by atoms with Crippen molar-refractivity contribution < 1.29 is 9.47 Å². The molecule has 0 fully saturated rings. The van der Waals surface area contributed by atoms with Gasteiger partial charge in [-0.2, -0.15) is 0 Å². The SMILES string of the molecule is CNC1CC(c2ccccc2OC)Oc2ccc(C)cc21. The standard InChI is InChI=1S/C18H21NO2/c1-12-8-9-17-14(10-12)15(19-2)11-18(21-17)13-6-4-5-7-16(13)20-3/h4-10,15,18-19H,11H2,1-3H3. The molecular weight excluding hydrogens is 262 g/mol. The minimum Gasteiger partial charge on any atom is -0.496 e. The van der Waals surface area contributed by atoms with E-state index >= 15 is 0 Å². The lowest BCUT2D eigenvalue weighted by Crippen LogP contribution is -2.27. The van der Waals surface area contributed by atoms with Crippen LogP contribution in [0.25, 0.3) is 0 Å². The van der Waals surface area contributed by atoms with Gasteiger partial charge in [0.2, 0.25) is 0 Å². The Balaban J connectivity index is 1.99. The van der Waals surface area contributed by atoms with Gasteiger partial charge in [-0.05, 0) is 26.1 Å². The highest BCUT2D eigenvalue weighted by atomic mass is 16.5. The molecule has 1 aliphatic rings. The van der Waals surface area contributed by atoms with Crippen LogP contribution in [0.1, 0.15) is 35.3 Å². The molecule has 0 aliphatic carbocycles. The van der Waals surface area contributed by atoms with Gasteiger partial charge in [-0.25, -0.2) is 0 Å². The molecule has 110 valence electrons. The summed E-state index contributed by atoms with van der Waals surface area (Å²) in [5.41, 5.74) is 3.60. The number of para-hydroxylation sites is 1. The molecule has 2 aromatic carbocycles. The van der Waals surface area contributed by atoms with Crippen molar-refractivity contribution in [2.75, 3.05) is 14.2 Å². The third-order valence-corrected chi connectivity index (χ3v) is 4.09. The fourth-order valence-corrected chi connectivity index (χ4v) is 2.99. The minimum absolute atomic E-state index is 0.00815. The Hall–Kier alpha value is -2.00. The molecule has 3 rings (SSSR count). The van der Waals surface area contributed by atoms with Gasteiger partial charge in [0, 0.05) is 23.6 Å². The van der Waals surface area contributed by atoms with Gasteiger partial charge in [0.1, 0.15) is 17.6 Å². The molecule has 3 nitrogen and oxygen atoms in total. The monoisotopic (exact) mass is 283 g/mol. The van der Waals surface area contributed by atoms with E-state index in [1.54, 1.807) is 7.11 Å². The molecule has 21 heavy (non-hydrogen) atoms. The Morgan fingerprint density at radius 1 is 1.14 bits per heavy atom. The second-order valence-corrected chi connectivity index (χ2v) is 5.47. The fraction of sp³-hybridized carbons (Fsp3) is 0.333. The summed E-state index contributed by atoms with van der Waals surface area (Å²) in [6, 6.07) is 14.7. The third-order valence-electron chi connectivity index (χ3n) is 4.09. The van der Waals surface area contributed by atoms with Crippen molar-refractivity contribution in [1.82, 2.24) is 5.32 Å². The predicted octanol–water partition coefficient (Wildman–Crippen LogP) is 3.79. The van der Waals surface area contributed by atoms with E-state index in [0.717, 1.165) is 23.5 Å². The van der Waals surface area contributed by atoms with E-state index in [0.29, 0.717) is 6.04 Å². The molecule has 1 heterocycles. The number of benzene rings is 2. The topological polar surface area (TPSA) is 30.5 Å². The lowest BCUT2D eigenvalue weighted by molar-refractivity contribution is 0.150. The van der Waals surface area contributed by atoms with Gasteiger partial charge < -0.3 is 14.8 Å². The van der Waals surface area contributed by atoms with Crippen molar-refractivity contribution >= 4 is 0 Å². The zero-order chi connectivity index (χ0) is 14.8. The first kappa shape index (κ1) is 14.0. The molecule has 0 aromatic heterocycles. The number of hydrogen-bond acceptors (Lipinski definition) is 3. The van der Waals surface area contributed by atoms with E-state index in [-0.39, 0.29) is 6.10 Å². The lowest BCUT2D eigenvalue weighted by Gasteiger charge is -2.33. The molecule has 0 radical (unpaired) electrons. The van der Waals surface area contributed by atoms with Gasteiger partial charge in [-0.3, -0.25) is 0 Å². The van der Waals surface area contributed by atoms with Gasteiger partial charge in [0.25, 0.3) is 0 Å². The van der Waals surface area contributed by atoms with Crippen molar-refractivity contribution in [3.63, 3.8) is 0 Å². The smallest absolute Gasteiger partial charge is 0.129 e. The van der Waals surface area contributed by atoms with Crippen molar-refractivity contribution in [1.29, 1.82) is 0 Å². The molecule has 0 amide bonds. The summed E-state index contributed by atoms with van der Waals surface area (Å²) in [5.74, 6) is 1.84. The van der Waals surface area contributed by atoms with E-state index < -0.39 is 0 Å². The molecule has 0 saturated heterocycles. The predicted molar refractivity (Wildman–Crippen MR) is 84.0 cm³/mol. The number of nitrogens with one attached hydrogen (secondary N) is 1. The number of aryl methyl sites for hydroxylation is 1. The normalized spacial score (nSPS) is 20.5. The Morgan fingerprint density at radius 3 is 2.71 bits per heavy atom. The summed E-state index contributed by atoms with van der Waals surface area (Å²) in [4.78, 5) is 0. The van der Waals surface area contributed by atoms with Crippen molar-refractivity contribution in [2.45, 2.75) is 25.5 Å². The van der Waals surface area contributed by atoms with Crippen LogP contribution in [-0.2, 0) is 0 Å². The number of fused-ring (bicyclic) bond motifs is 1. The fourth-order valence-electron chi connectivity index (χ4n) is 2.99. The maximum Gasteiger partial charge on any atom is 0.129 e. The average molecular weight is 283 g/mol. The Bertz CT molecular complexity index is 639. The first-order valence-corrected chi connectivity index (χ1v) is 7.30. The molecule has 2 atom stereocenters. The second-order valence-electron chi connectivity index (χ2n) is 5.47. The Morgan fingerprint density at radius 2 is 1.95 bits per heavy atom. The highest BCUT2D eigenvalue weighted by molar-refractivity contribution is 5.43. The van der Waals surface area contributed by atoms with E-state index in [2.05, 4.69) is 36.5 Å². The van der Waals surface area contributed by atoms with Crippen LogP contribution in [0.4, 0.5) is 0 Å². The molecule has 0 saturated carbocycles. The van der Waals surface area contributed by atoms with Crippen molar-refractivity contribution in [3.05, 3.63) is 59.2 Å². The minimum atomic E-state index is 0.00815. The molecule has 0 bridgehead atoms. The molecule has 2 aromatic rings. The van der Waals surface area contributed by atoms with Crippen molar-refractivity contribution in [3.8, 4) is 11.5 Å². The maximum absolute atomic E-state index is 6.23. The molecule has 0 spiro atoms. The van der Waals surface area contributed by atoms with Gasteiger partial charge in [-0.1, -0.05) is 35.9 Å². The molecule has 2 unspecified atom stereocenters. The van der Waals surface area contributed by atoms with E-state index in [4.69, 9.17) is 9.47 Å². The van der Waals surface area contributed by atoms with Gasteiger partial charge in [0.05, 0.1) is 7.11 Å². The molecular formula is C18H21NO2. The summed E-state index contributed by atoms with van der Waals surface area (Å²) >= 11 is 0. The third kappa shape index (κ3) is 2.61. The summed E-state index contributed by atoms with van der Waals surface area (Å²) in [6.07, 6.45) is 0.904. The Labute approximate surface area is 125 Å². The highest BCUT2D eigenvalue weighted by Gasteiger charge is 2.29. The average Bonchev–Trinajstić information content (AvgIpc) is 2.53. The van der Waals surface area contributed by atoms with Crippen LogP contribution >= 0.6 is 0 Å².